The maximum Gasteiger partial charge on any atom is 0.328 e. The molecule has 102 valence electrons. The summed E-state index contributed by atoms with van der Waals surface area (Å²) >= 11 is 0. The third-order valence-corrected chi connectivity index (χ3v) is 2.93. The van der Waals surface area contributed by atoms with Gasteiger partial charge in [-0.2, -0.15) is 0 Å². The van der Waals surface area contributed by atoms with E-state index in [1.54, 1.807) is 17.9 Å². The zero-order valence-electron chi connectivity index (χ0n) is 10.5. The molecular weight excluding hydrogens is 250 g/mol. The SMILES string of the molecule is Cc1cc(C(N)=O)cc(N2CCOCC2C(=O)O)n1. The number of nitrogens with zero attached hydrogens (tertiary/aromatic N) is 2. The number of carbonyl (C=O) groups is 2. The van der Waals surface area contributed by atoms with Gasteiger partial charge >= 0.3 is 5.97 Å². The lowest BCUT2D eigenvalue weighted by Crippen LogP contribution is -2.50. The van der Waals surface area contributed by atoms with Gasteiger partial charge in [0, 0.05) is 17.8 Å². The zero-order chi connectivity index (χ0) is 14.0. The van der Waals surface area contributed by atoms with Crippen molar-refractivity contribution in [3.8, 4) is 0 Å². The van der Waals surface area contributed by atoms with Crippen LogP contribution in [0.25, 0.3) is 0 Å². The molecule has 2 rings (SSSR count). The third-order valence-electron chi connectivity index (χ3n) is 2.93. The Morgan fingerprint density at radius 1 is 1.53 bits per heavy atom. The first-order valence-corrected chi connectivity index (χ1v) is 5.84. The molecule has 1 atom stereocenters. The van der Waals surface area contributed by atoms with Crippen LogP contribution in [-0.4, -0.2) is 47.8 Å². The van der Waals surface area contributed by atoms with Gasteiger partial charge in [-0.1, -0.05) is 0 Å². The normalized spacial score (nSPS) is 19.2. The number of carboxylic acid groups (broad SMARTS) is 1. The van der Waals surface area contributed by atoms with Crippen LogP contribution >= 0.6 is 0 Å². The lowest BCUT2D eigenvalue weighted by atomic mass is 10.1. The largest absolute Gasteiger partial charge is 0.480 e. The highest BCUT2D eigenvalue weighted by atomic mass is 16.5. The number of amides is 1. The van der Waals surface area contributed by atoms with Crippen molar-refractivity contribution in [1.29, 1.82) is 0 Å². The van der Waals surface area contributed by atoms with E-state index in [9.17, 15) is 14.7 Å². The Morgan fingerprint density at radius 2 is 2.26 bits per heavy atom. The van der Waals surface area contributed by atoms with Gasteiger partial charge in [0.1, 0.15) is 5.82 Å². The number of ether oxygens (including phenoxy) is 1. The quantitative estimate of drug-likeness (QED) is 0.782. The van der Waals surface area contributed by atoms with Gasteiger partial charge < -0.3 is 20.5 Å². The first-order chi connectivity index (χ1) is 8.99. The molecule has 1 aromatic heterocycles. The summed E-state index contributed by atoms with van der Waals surface area (Å²) in [5.74, 6) is -1.11. The minimum absolute atomic E-state index is 0.0941. The number of primary amides is 1. The van der Waals surface area contributed by atoms with Crippen molar-refractivity contribution in [3.63, 3.8) is 0 Å². The van der Waals surface area contributed by atoms with Crippen LogP contribution in [0.2, 0.25) is 0 Å². The Balaban J connectivity index is 2.38. The minimum atomic E-state index is -0.983. The van der Waals surface area contributed by atoms with Gasteiger partial charge in [0.05, 0.1) is 13.2 Å². The zero-order valence-corrected chi connectivity index (χ0v) is 10.5. The van der Waals surface area contributed by atoms with Crippen LogP contribution in [0.4, 0.5) is 5.82 Å². The topological polar surface area (TPSA) is 106 Å². The average Bonchev–Trinajstić information content (AvgIpc) is 2.37. The smallest absolute Gasteiger partial charge is 0.328 e. The molecule has 1 amide bonds. The molecule has 3 N–H and O–H groups in total. The highest BCUT2D eigenvalue weighted by molar-refractivity contribution is 5.93. The highest BCUT2D eigenvalue weighted by Crippen LogP contribution is 2.20. The number of aryl methyl sites for hydroxylation is 1. The molecule has 0 spiro atoms. The predicted octanol–water partition coefficient (Wildman–Crippen LogP) is -0.221. The van der Waals surface area contributed by atoms with E-state index >= 15 is 0 Å². The molecule has 0 radical (unpaired) electrons. The lowest BCUT2D eigenvalue weighted by molar-refractivity contribution is -0.141. The van der Waals surface area contributed by atoms with Crippen LogP contribution in [0.3, 0.4) is 0 Å². The molecule has 1 aliphatic rings. The molecule has 0 aromatic carbocycles. The highest BCUT2D eigenvalue weighted by Gasteiger charge is 2.30. The Kier molecular flexibility index (Phi) is 3.66. The summed E-state index contributed by atoms with van der Waals surface area (Å²) in [7, 11) is 0. The van der Waals surface area contributed by atoms with Crippen molar-refractivity contribution >= 4 is 17.7 Å². The number of anilines is 1. The van der Waals surface area contributed by atoms with Crippen molar-refractivity contribution in [2.45, 2.75) is 13.0 Å². The van der Waals surface area contributed by atoms with E-state index in [0.29, 0.717) is 30.2 Å². The van der Waals surface area contributed by atoms with Gasteiger partial charge in [-0.25, -0.2) is 9.78 Å². The van der Waals surface area contributed by atoms with Gasteiger partial charge in [0.15, 0.2) is 6.04 Å². The summed E-state index contributed by atoms with van der Waals surface area (Å²) in [6.45, 7) is 2.65. The monoisotopic (exact) mass is 265 g/mol. The number of carboxylic acids is 1. The molecule has 0 bridgehead atoms. The molecule has 0 aliphatic carbocycles. The maximum atomic E-state index is 11.2. The Morgan fingerprint density at radius 3 is 2.89 bits per heavy atom. The van der Waals surface area contributed by atoms with Crippen molar-refractivity contribution in [2.75, 3.05) is 24.7 Å². The molecule has 1 unspecified atom stereocenters. The molecule has 7 nitrogen and oxygen atoms in total. The Hall–Kier alpha value is -2.15. The average molecular weight is 265 g/mol. The standard InChI is InChI=1S/C12H15N3O4/c1-7-4-8(11(13)16)5-10(14-7)15-2-3-19-6-9(15)12(17)18/h4-5,9H,2-3,6H2,1H3,(H2,13,16)(H,17,18). The van der Waals surface area contributed by atoms with Gasteiger partial charge in [-0.15, -0.1) is 0 Å². The van der Waals surface area contributed by atoms with Crippen LogP contribution in [0.15, 0.2) is 12.1 Å². The summed E-state index contributed by atoms with van der Waals surface area (Å²) in [6.07, 6.45) is 0. The van der Waals surface area contributed by atoms with Crippen molar-refractivity contribution in [2.24, 2.45) is 5.73 Å². The number of carbonyl (C=O) groups excluding carboxylic acids is 1. The van der Waals surface area contributed by atoms with E-state index in [0.717, 1.165) is 0 Å². The fourth-order valence-electron chi connectivity index (χ4n) is 2.02. The van der Waals surface area contributed by atoms with E-state index in [1.165, 1.54) is 6.07 Å². The van der Waals surface area contributed by atoms with E-state index in [-0.39, 0.29) is 6.61 Å². The summed E-state index contributed by atoms with van der Waals surface area (Å²) in [5, 5.41) is 9.18. The summed E-state index contributed by atoms with van der Waals surface area (Å²) in [6, 6.07) is 2.28. The second-order valence-electron chi connectivity index (χ2n) is 4.34. The fraction of sp³-hybridized carbons (Fsp3) is 0.417. The Labute approximate surface area is 110 Å². The number of morpholine rings is 1. The molecule has 2 heterocycles. The van der Waals surface area contributed by atoms with Crippen molar-refractivity contribution in [1.82, 2.24) is 4.98 Å². The predicted molar refractivity (Wildman–Crippen MR) is 67.1 cm³/mol. The van der Waals surface area contributed by atoms with Crippen molar-refractivity contribution < 1.29 is 19.4 Å². The van der Waals surface area contributed by atoms with Crippen molar-refractivity contribution in [3.05, 3.63) is 23.4 Å². The van der Waals surface area contributed by atoms with E-state index in [2.05, 4.69) is 4.98 Å². The number of aliphatic carboxylic acids is 1. The number of rotatable bonds is 3. The number of aromatic nitrogens is 1. The number of hydrogen-bond acceptors (Lipinski definition) is 5. The van der Waals surface area contributed by atoms with Crippen LogP contribution in [0.1, 0.15) is 16.1 Å². The summed E-state index contributed by atoms with van der Waals surface area (Å²) < 4.78 is 5.16. The van der Waals surface area contributed by atoms with E-state index in [4.69, 9.17) is 10.5 Å². The molecule has 1 aromatic rings. The van der Waals surface area contributed by atoms with Crippen LogP contribution < -0.4 is 10.6 Å². The third kappa shape index (κ3) is 2.82. The first-order valence-electron chi connectivity index (χ1n) is 5.84. The molecule has 1 aliphatic heterocycles. The molecule has 0 saturated carbocycles. The Bertz CT molecular complexity index is 518. The van der Waals surface area contributed by atoms with E-state index in [1.807, 2.05) is 0 Å². The summed E-state index contributed by atoms with van der Waals surface area (Å²) in [4.78, 5) is 28.3. The van der Waals surface area contributed by atoms with Crippen LogP contribution in [0, 0.1) is 6.92 Å². The van der Waals surface area contributed by atoms with E-state index < -0.39 is 17.9 Å². The molecular formula is C12H15N3O4. The molecule has 1 saturated heterocycles. The minimum Gasteiger partial charge on any atom is -0.480 e. The van der Waals surface area contributed by atoms with Crippen LogP contribution in [-0.2, 0) is 9.53 Å². The number of pyridine rings is 1. The van der Waals surface area contributed by atoms with Crippen LogP contribution in [0.5, 0.6) is 0 Å². The van der Waals surface area contributed by atoms with Gasteiger partial charge in [-0.3, -0.25) is 4.79 Å². The second kappa shape index (κ2) is 5.23. The second-order valence-corrected chi connectivity index (χ2v) is 4.34. The maximum absolute atomic E-state index is 11.2. The number of nitrogens with two attached hydrogens (primary N) is 1. The molecule has 7 heteroatoms. The summed E-state index contributed by atoms with van der Waals surface area (Å²) in [5.41, 5.74) is 6.18. The van der Waals surface area contributed by atoms with Gasteiger partial charge in [0.2, 0.25) is 5.91 Å². The molecule has 19 heavy (non-hydrogen) atoms. The lowest BCUT2D eigenvalue weighted by Gasteiger charge is -2.34. The molecule has 1 fully saturated rings. The fourth-order valence-corrected chi connectivity index (χ4v) is 2.02. The first kappa shape index (κ1) is 13.3. The van der Waals surface area contributed by atoms with Gasteiger partial charge in [0.25, 0.3) is 0 Å². The van der Waals surface area contributed by atoms with Gasteiger partial charge in [-0.05, 0) is 19.1 Å². The number of hydrogen-bond donors (Lipinski definition) is 2.